The first-order valence-electron chi connectivity index (χ1n) is 10.0. The summed E-state index contributed by atoms with van der Waals surface area (Å²) >= 11 is 0. The highest BCUT2D eigenvalue weighted by Crippen LogP contribution is 2.37. The van der Waals surface area contributed by atoms with Crippen LogP contribution in [0, 0.1) is 0 Å². The second kappa shape index (κ2) is 9.06. The SMILES string of the molecule is COc1cc(-c2ccc3ncc(NS(=O)(=O)c4cc(C(F)(F)F)cc(C(F)(F)F)c4)nc3n2)ccc1O. The van der Waals surface area contributed by atoms with Crippen LogP contribution in [0.5, 0.6) is 11.5 Å². The normalized spacial score (nSPS) is 12.5. The lowest BCUT2D eigenvalue weighted by atomic mass is 10.1. The highest BCUT2D eigenvalue weighted by atomic mass is 32.2. The molecule has 0 aliphatic heterocycles. The summed E-state index contributed by atoms with van der Waals surface area (Å²) in [5.41, 5.74) is -2.62. The number of ether oxygens (including phenoxy) is 1. The van der Waals surface area contributed by atoms with Crippen molar-refractivity contribution in [1.29, 1.82) is 0 Å². The number of fused-ring (bicyclic) bond motifs is 1. The summed E-state index contributed by atoms with van der Waals surface area (Å²) in [5, 5.41) is 9.76. The van der Waals surface area contributed by atoms with Crippen LogP contribution in [0.3, 0.4) is 0 Å². The number of phenolic OH excluding ortho intramolecular Hbond substituents is 1. The molecule has 0 saturated heterocycles. The summed E-state index contributed by atoms with van der Waals surface area (Å²) in [7, 11) is -3.60. The lowest BCUT2D eigenvalue weighted by Crippen LogP contribution is -2.18. The Balaban J connectivity index is 1.73. The van der Waals surface area contributed by atoms with Crippen molar-refractivity contribution in [3.8, 4) is 22.8 Å². The van der Waals surface area contributed by atoms with Crippen LogP contribution in [0.1, 0.15) is 11.1 Å². The Morgan fingerprint density at radius 3 is 2.14 bits per heavy atom. The van der Waals surface area contributed by atoms with Crippen molar-refractivity contribution >= 4 is 27.0 Å². The van der Waals surface area contributed by atoms with E-state index in [1.165, 1.54) is 31.4 Å². The van der Waals surface area contributed by atoms with E-state index in [-0.39, 0.29) is 40.9 Å². The van der Waals surface area contributed by atoms with E-state index in [0.29, 0.717) is 11.3 Å². The first-order chi connectivity index (χ1) is 17.2. The molecule has 0 spiro atoms. The molecule has 0 unspecified atom stereocenters. The Morgan fingerprint density at radius 2 is 1.54 bits per heavy atom. The molecule has 2 N–H and O–H groups in total. The molecule has 194 valence electrons. The number of alkyl halides is 6. The minimum atomic E-state index is -5.23. The second-order valence-electron chi connectivity index (χ2n) is 7.53. The fraction of sp³-hybridized carbons (Fsp3) is 0.136. The quantitative estimate of drug-likeness (QED) is 0.330. The molecule has 8 nitrogen and oxygen atoms in total. The van der Waals surface area contributed by atoms with E-state index < -0.39 is 44.2 Å². The minimum absolute atomic E-state index is 0.0789. The van der Waals surface area contributed by atoms with Crippen LogP contribution >= 0.6 is 0 Å². The fourth-order valence-corrected chi connectivity index (χ4v) is 4.28. The third kappa shape index (κ3) is 5.50. The number of phenols is 1. The van der Waals surface area contributed by atoms with Crippen molar-refractivity contribution in [3.05, 3.63) is 65.9 Å². The molecular formula is C22H14F6N4O4S. The van der Waals surface area contributed by atoms with Crippen molar-refractivity contribution < 1.29 is 44.6 Å². The molecule has 4 rings (SSSR count). The number of halogens is 6. The van der Waals surface area contributed by atoms with Gasteiger partial charge in [-0.3, -0.25) is 4.72 Å². The van der Waals surface area contributed by atoms with Gasteiger partial charge in [-0.1, -0.05) is 0 Å². The topological polar surface area (TPSA) is 114 Å². The fourth-order valence-electron chi connectivity index (χ4n) is 3.22. The van der Waals surface area contributed by atoms with Crippen molar-refractivity contribution in [2.45, 2.75) is 17.2 Å². The van der Waals surface area contributed by atoms with Gasteiger partial charge in [0.25, 0.3) is 10.0 Å². The van der Waals surface area contributed by atoms with Gasteiger partial charge in [0.05, 0.1) is 35.0 Å². The highest BCUT2D eigenvalue weighted by Gasteiger charge is 2.38. The molecule has 0 fully saturated rings. The first kappa shape index (κ1) is 25.9. The molecule has 0 atom stereocenters. The van der Waals surface area contributed by atoms with Crippen LogP contribution < -0.4 is 9.46 Å². The predicted molar refractivity (Wildman–Crippen MR) is 118 cm³/mol. The number of methoxy groups -OCH3 is 1. The summed E-state index contributed by atoms with van der Waals surface area (Å²) < 4.78 is 111. The highest BCUT2D eigenvalue weighted by molar-refractivity contribution is 7.92. The van der Waals surface area contributed by atoms with Crippen LogP contribution in [0.25, 0.3) is 22.4 Å². The summed E-state index contributed by atoms with van der Waals surface area (Å²) in [4.78, 5) is 11.0. The predicted octanol–water partition coefficient (Wildman–Crippen LogP) is 5.24. The van der Waals surface area contributed by atoms with E-state index in [4.69, 9.17) is 4.74 Å². The number of benzene rings is 2. The zero-order valence-electron chi connectivity index (χ0n) is 18.4. The van der Waals surface area contributed by atoms with Gasteiger partial charge in [0.2, 0.25) is 0 Å². The third-order valence-electron chi connectivity index (χ3n) is 4.99. The van der Waals surface area contributed by atoms with Gasteiger partial charge in [0, 0.05) is 5.56 Å². The van der Waals surface area contributed by atoms with Gasteiger partial charge in [0.1, 0.15) is 5.52 Å². The lowest BCUT2D eigenvalue weighted by molar-refractivity contribution is -0.143. The van der Waals surface area contributed by atoms with Crippen LogP contribution in [0.2, 0.25) is 0 Å². The molecule has 0 aliphatic rings. The molecular weight excluding hydrogens is 530 g/mol. The van der Waals surface area contributed by atoms with Gasteiger partial charge in [-0.25, -0.2) is 23.4 Å². The number of nitrogens with zero attached hydrogens (tertiary/aromatic N) is 3. The summed E-state index contributed by atoms with van der Waals surface area (Å²) in [6.07, 6.45) is -9.53. The minimum Gasteiger partial charge on any atom is -0.504 e. The Kier molecular flexibility index (Phi) is 6.35. The maximum absolute atomic E-state index is 13.1. The second-order valence-corrected chi connectivity index (χ2v) is 9.21. The summed E-state index contributed by atoms with van der Waals surface area (Å²) in [6, 6.07) is 7.42. The zero-order valence-corrected chi connectivity index (χ0v) is 19.2. The van der Waals surface area contributed by atoms with E-state index in [2.05, 4.69) is 15.0 Å². The molecule has 2 aromatic heterocycles. The largest absolute Gasteiger partial charge is 0.504 e. The molecule has 4 aromatic rings. The Labute approximate surface area is 204 Å². The van der Waals surface area contributed by atoms with E-state index in [9.17, 15) is 39.9 Å². The maximum Gasteiger partial charge on any atom is 0.416 e. The number of aromatic hydroxyl groups is 1. The van der Waals surface area contributed by atoms with Gasteiger partial charge in [0.15, 0.2) is 23.0 Å². The number of aromatic nitrogens is 3. The van der Waals surface area contributed by atoms with E-state index in [1.807, 2.05) is 4.72 Å². The number of pyridine rings is 1. The van der Waals surface area contributed by atoms with Crippen LogP contribution in [-0.4, -0.2) is 35.6 Å². The molecule has 0 saturated carbocycles. The molecule has 0 radical (unpaired) electrons. The maximum atomic E-state index is 13.1. The molecule has 0 aliphatic carbocycles. The van der Waals surface area contributed by atoms with Gasteiger partial charge in [-0.15, -0.1) is 0 Å². The monoisotopic (exact) mass is 544 g/mol. The third-order valence-corrected chi connectivity index (χ3v) is 6.33. The average Bonchev–Trinajstić information content (AvgIpc) is 2.82. The molecule has 2 heterocycles. The van der Waals surface area contributed by atoms with Crippen LogP contribution in [-0.2, 0) is 22.4 Å². The van der Waals surface area contributed by atoms with Crippen LogP contribution in [0.4, 0.5) is 32.2 Å². The van der Waals surface area contributed by atoms with Crippen molar-refractivity contribution in [2.24, 2.45) is 0 Å². The molecule has 37 heavy (non-hydrogen) atoms. The lowest BCUT2D eigenvalue weighted by Gasteiger charge is -2.15. The average molecular weight is 544 g/mol. The Morgan fingerprint density at radius 1 is 0.892 bits per heavy atom. The Bertz CT molecular complexity index is 1580. The van der Waals surface area contributed by atoms with Crippen molar-refractivity contribution in [1.82, 2.24) is 15.0 Å². The standard InChI is InChI=1S/C22H14F6N4O4S/c1-36-18-6-11(2-5-17(18)33)15-3-4-16-20(30-15)31-19(10-29-16)32-37(34,35)14-8-12(21(23,24)25)7-13(9-14)22(26,27)28/h2-10,33H,1H3,(H,30,31,32). The number of hydrogen-bond acceptors (Lipinski definition) is 7. The van der Waals surface area contributed by atoms with Gasteiger partial charge in [-0.05, 0) is 48.5 Å². The number of anilines is 1. The number of hydrogen-bond donors (Lipinski definition) is 2. The number of rotatable bonds is 5. The van der Waals surface area contributed by atoms with E-state index >= 15 is 0 Å². The Hall–Kier alpha value is -4.14. The molecule has 15 heteroatoms. The summed E-state index contributed by atoms with van der Waals surface area (Å²) in [5.74, 6) is -0.454. The number of sulfonamides is 1. The van der Waals surface area contributed by atoms with Gasteiger partial charge >= 0.3 is 12.4 Å². The molecule has 0 amide bonds. The number of nitrogens with one attached hydrogen (secondary N) is 1. The molecule has 2 aromatic carbocycles. The van der Waals surface area contributed by atoms with Crippen molar-refractivity contribution in [2.75, 3.05) is 11.8 Å². The van der Waals surface area contributed by atoms with Gasteiger partial charge < -0.3 is 9.84 Å². The van der Waals surface area contributed by atoms with E-state index in [0.717, 1.165) is 6.20 Å². The van der Waals surface area contributed by atoms with Gasteiger partial charge in [-0.2, -0.15) is 26.3 Å². The zero-order chi connectivity index (χ0) is 27.2. The van der Waals surface area contributed by atoms with E-state index in [1.54, 1.807) is 6.07 Å². The first-order valence-corrected chi connectivity index (χ1v) is 11.5. The van der Waals surface area contributed by atoms with Crippen molar-refractivity contribution in [3.63, 3.8) is 0 Å². The smallest absolute Gasteiger partial charge is 0.416 e. The summed E-state index contributed by atoms with van der Waals surface area (Å²) in [6.45, 7) is 0. The van der Waals surface area contributed by atoms with Crippen LogP contribution in [0.15, 0.2) is 59.6 Å². The molecule has 0 bridgehead atoms.